The van der Waals surface area contributed by atoms with Gasteiger partial charge in [-0.1, -0.05) is 12.1 Å². The normalized spacial score (nSPS) is 11.6. The predicted molar refractivity (Wildman–Crippen MR) is 113 cm³/mol. The first kappa shape index (κ1) is 22.0. The van der Waals surface area contributed by atoms with Crippen molar-refractivity contribution >= 4 is 11.7 Å². The third kappa shape index (κ3) is 5.28. The Morgan fingerprint density at radius 1 is 1.10 bits per heavy atom. The topological polar surface area (TPSA) is 82.5 Å². The van der Waals surface area contributed by atoms with E-state index in [1.807, 2.05) is 0 Å². The number of rotatable bonds is 9. The van der Waals surface area contributed by atoms with Gasteiger partial charge in [-0.3, -0.25) is 9.59 Å². The summed E-state index contributed by atoms with van der Waals surface area (Å²) >= 11 is 0. The number of nitrogens with one attached hydrogen (secondary N) is 1. The lowest BCUT2D eigenvalue weighted by atomic mass is 10.0. The average molecular weight is 425 g/mol. The number of ketones is 1. The van der Waals surface area contributed by atoms with Crippen LogP contribution in [0.2, 0.25) is 0 Å². The Labute approximate surface area is 179 Å². The molecule has 1 unspecified atom stereocenters. The summed E-state index contributed by atoms with van der Waals surface area (Å²) in [5.74, 6) is 0.574. The highest BCUT2D eigenvalue weighted by molar-refractivity contribution is 5.98. The second kappa shape index (κ2) is 9.88. The number of hydrogen-bond donors (Lipinski definition) is 1. The molecule has 2 aromatic carbocycles. The zero-order chi connectivity index (χ0) is 22.4. The lowest BCUT2D eigenvalue weighted by molar-refractivity contribution is -0.121. The Morgan fingerprint density at radius 3 is 2.52 bits per heavy atom. The number of Topliss-reactive ketones (excluding diaryl/α,β-unsaturated/α-hetero) is 1. The van der Waals surface area contributed by atoms with Gasteiger partial charge in [0.1, 0.15) is 17.7 Å². The molecule has 0 bridgehead atoms. The molecule has 0 spiro atoms. The number of benzene rings is 2. The molecule has 1 N–H and O–H groups in total. The lowest BCUT2D eigenvalue weighted by Gasteiger charge is -2.19. The molecule has 0 aliphatic heterocycles. The van der Waals surface area contributed by atoms with Gasteiger partial charge in [0, 0.05) is 37.8 Å². The number of carbonyl (C=O) groups excluding carboxylic acids is 2. The van der Waals surface area contributed by atoms with E-state index in [-0.39, 0.29) is 24.5 Å². The molecule has 1 heterocycles. The number of imidazole rings is 1. The van der Waals surface area contributed by atoms with E-state index in [4.69, 9.17) is 9.47 Å². The van der Waals surface area contributed by atoms with Gasteiger partial charge in [-0.2, -0.15) is 0 Å². The third-order valence-electron chi connectivity index (χ3n) is 4.89. The van der Waals surface area contributed by atoms with E-state index < -0.39 is 11.9 Å². The number of carbonyl (C=O) groups is 2. The van der Waals surface area contributed by atoms with E-state index in [1.54, 1.807) is 54.3 Å². The summed E-state index contributed by atoms with van der Waals surface area (Å²) in [5.41, 5.74) is 0.991. The van der Waals surface area contributed by atoms with E-state index >= 15 is 0 Å². The number of methoxy groups -OCH3 is 2. The van der Waals surface area contributed by atoms with Crippen LogP contribution in [0, 0.1) is 5.82 Å². The van der Waals surface area contributed by atoms with Gasteiger partial charge in [0.05, 0.1) is 14.2 Å². The first-order valence-corrected chi connectivity index (χ1v) is 9.70. The summed E-state index contributed by atoms with van der Waals surface area (Å²) in [6.07, 6.45) is 3.34. The molecular weight excluding hydrogens is 401 g/mol. The Morgan fingerprint density at radius 2 is 1.87 bits per heavy atom. The van der Waals surface area contributed by atoms with Crippen LogP contribution in [0.1, 0.15) is 40.6 Å². The fourth-order valence-corrected chi connectivity index (χ4v) is 3.25. The molecule has 0 radical (unpaired) electrons. The van der Waals surface area contributed by atoms with Crippen LogP contribution in [0.15, 0.2) is 54.9 Å². The number of hydrogen-bond acceptors (Lipinski definition) is 5. The summed E-state index contributed by atoms with van der Waals surface area (Å²) in [5, 5.41) is 2.87. The quantitative estimate of drug-likeness (QED) is 0.531. The number of aryl methyl sites for hydroxylation is 1. The summed E-state index contributed by atoms with van der Waals surface area (Å²) in [4.78, 5) is 29.5. The van der Waals surface area contributed by atoms with Crippen molar-refractivity contribution in [1.29, 1.82) is 0 Å². The molecule has 8 heteroatoms. The highest BCUT2D eigenvalue weighted by Gasteiger charge is 2.22. The van der Waals surface area contributed by atoms with Crippen LogP contribution >= 0.6 is 0 Å². The third-order valence-corrected chi connectivity index (χ3v) is 4.89. The van der Waals surface area contributed by atoms with Gasteiger partial charge in [-0.25, -0.2) is 9.37 Å². The van der Waals surface area contributed by atoms with Gasteiger partial charge < -0.3 is 19.4 Å². The SMILES string of the molecule is COc1ccc(C(=O)CCC(=O)NC(c2cccc(F)c2)c2nccn2C)cc1OC. The van der Waals surface area contributed by atoms with Crippen LogP contribution in [0.4, 0.5) is 4.39 Å². The summed E-state index contributed by atoms with van der Waals surface area (Å²) in [7, 11) is 4.80. The fourth-order valence-electron chi connectivity index (χ4n) is 3.25. The highest BCUT2D eigenvalue weighted by Crippen LogP contribution is 2.28. The zero-order valence-electron chi connectivity index (χ0n) is 17.6. The van der Waals surface area contributed by atoms with Crippen molar-refractivity contribution in [2.24, 2.45) is 7.05 Å². The number of halogens is 1. The Kier molecular flexibility index (Phi) is 7.02. The molecule has 1 atom stereocenters. The Bertz CT molecular complexity index is 1080. The second-order valence-electron chi connectivity index (χ2n) is 6.94. The molecule has 3 rings (SSSR count). The first-order valence-electron chi connectivity index (χ1n) is 9.70. The smallest absolute Gasteiger partial charge is 0.221 e. The van der Waals surface area contributed by atoms with E-state index in [0.29, 0.717) is 28.5 Å². The monoisotopic (exact) mass is 425 g/mol. The molecule has 0 aliphatic carbocycles. The molecule has 3 aromatic rings. The van der Waals surface area contributed by atoms with Gasteiger partial charge >= 0.3 is 0 Å². The maximum Gasteiger partial charge on any atom is 0.221 e. The largest absolute Gasteiger partial charge is 0.493 e. The molecule has 1 amide bonds. The molecule has 0 saturated carbocycles. The lowest BCUT2D eigenvalue weighted by Crippen LogP contribution is -2.31. The minimum absolute atomic E-state index is 0.0117. The maximum atomic E-state index is 13.8. The molecule has 31 heavy (non-hydrogen) atoms. The first-order chi connectivity index (χ1) is 14.9. The number of amides is 1. The van der Waals surface area contributed by atoms with Gasteiger partial charge in [-0.15, -0.1) is 0 Å². The van der Waals surface area contributed by atoms with Crippen LogP contribution in [0.25, 0.3) is 0 Å². The summed E-state index contributed by atoms with van der Waals surface area (Å²) in [6.45, 7) is 0. The summed E-state index contributed by atoms with van der Waals surface area (Å²) in [6, 6.07) is 10.2. The standard InChI is InChI=1S/C23H24FN3O4/c1-27-12-11-25-23(27)22(16-5-4-6-17(24)13-16)26-21(29)10-8-18(28)15-7-9-19(30-2)20(14-15)31-3/h4-7,9,11-14,22H,8,10H2,1-3H3,(H,26,29). The second-order valence-corrected chi connectivity index (χ2v) is 6.94. The minimum Gasteiger partial charge on any atom is -0.493 e. The highest BCUT2D eigenvalue weighted by atomic mass is 19.1. The fraction of sp³-hybridized carbons (Fsp3) is 0.261. The minimum atomic E-state index is -0.639. The molecule has 0 fully saturated rings. The number of ether oxygens (including phenoxy) is 2. The van der Waals surface area contributed by atoms with Gasteiger partial charge in [0.25, 0.3) is 0 Å². The molecule has 1 aromatic heterocycles. The maximum absolute atomic E-state index is 13.8. The molecular formula is C23H24FN3O4. The number of nitrogens with zero attached hydrogens (tertiary/aromatic N) is 2. The Balaban J connectivity index is 1.70. The van der Waals surface area contributed by atoms with Crippen molar-refractivity contribution in [1.82, 2.24) is 14.9 Å². The van der Waals surface area contributed by atoms with Crippen LogP contribution in [0.3, 0.4) is 0 Å². The van der Waals surface area contributed by atoms with E-state index in [0.717, 1.165) is 0 Å². The van der Waals surface area contributed by atoms with E-state index in [9.17, 15) is 14.0 Å². The van der Waals surface area contributed by atoms with Crippen molar-refractivity contribution in [3.05, 3.63) is 77.6 Å². The van der Waals surface area contributed by atoms with Crippen molar-refractivity contribution < 1.29 is 23.5 Å². The van der Waals surface area contributed by atoms with E-state index in [1.165, 1.54) is 26.4 Å². The summed E-state index contributed by atoms with van der Waals surface area (Å²) < 4.78 is 25.9. The van der Waals surface area contributed by atoms with Crippen LogP contribution in [-0.4, -0.2) is 35.5 Å². The molecule has 0 aliphatic rings. The zero-order valence-corrected chi connectivity index (χ0v) is 17.6. The van der Waals surface area contributed by atoms with E-state index in [2.05, 4.69) is 10.3 Å². The van der Waals surface area contributed by atoms with Gasteiger partial charge in [0.15, 0.2) is 17.3 Å². The molecule has 7 nitrogen and oxygen atoms in total. The van der Waals surface area contributed by atoms with Crippen LogP contribution < -0.4 is 14.8 Å². The van der Waals surface area contributed by atoms with Crippen molar-refractivity contribution in [3.8, 4) is 11.5 Å². The van der Waals surface area contributed by atoms with Gasteiger partial charge in [0.2, 0.25) is 5.91 Å². The molecule has 162 valence electrons. The predicted octanol–water partition coefficient (Wildman–Crippen LogP) is 3.45. The van der Waals surface area contributed by atoms with Crippen LogP contribution in [-0.2, 0) is 11.8 Å². The number of aromatic nitrogens is 2. The van der Waals surface area contributed by atoms with Crippen molar-refractivity contribution in [2.45, 2.75) is 18.9 Å². The molecule has 0 saturated heterocycles. The van der Waals surface area contributed by atoms with Crippen LogP contribution in [0.5, 0.6) is 11.5 Å². The van der Waals surface area contributed by atoms with Crippen molar-refractivity contribution in [3.63, 3.8) is 0 Å². The van der Waals surface area contributed by atoms with Crippen molar-refractivity contribution in [2.75, 3.05) is 14.2 Å². The Hall–Kier alpha value is -3.68. The van der Waals surface area contributed by atoms with Gasteiger partial charge in [-0.05, 0) is 35.9 Å². The average Bonchev–Trinajstić information content (AvgIpc) is 3.20.